The highest BCUT2D eigenvalue weighted by atomic mass is 79.9. The Morgan fingerprint density at radius 1 is 1.06 bits per heavy atom. The Kier molecular flexibility index (Phi) is 6.90. The summed E-state index contributed by atoms with van der Waals surface area (Å²) >= 11 is 11.3. The first-order valence-corrected chi connectivity index (χ1v) is 12.6. The number of rotatable bonds is 5. The van der Waals surface area contributed by atoms with E-state index >= 15 is 0 Å². The molecule has 1 amide bonds. The SMILES string of the molecule is O=C1NC(=Nc2ccc(F)cc2)S/C1=C/c1cc(Cl)c(OCc2cccc3ccccc23)c(Br)c1. The van der Waals surface area contributed by atoms with Crippen molar-refractivity contribution in [3.63, 3.8) is 0 Å². The number of nitrogens with zero attached hydrogens (tertiary/aromatic N) is 1. The van der Waals surface area contributed by atoms with Crippen molar-refractivity contribution < 1.29 is 13.9 Å². The average Bonchev–Trinajstić information content (AvgIpc) is 3.18. The van der Waals surface area contributed by atoms with Crippen LogP contribution in [-0.2, 0) is 11.4 Å². The molecule has 1 N–H and O–H groups in total. The summed E-state index contributed by atoms with van der Waals surface area (Å²) in [6.45, 7) is 0.363. The van der Waals surface area contributed by atoms with Gasteiger partial charge in [-0.15, -0.1) is 0 Å². The molecule has 0 unspecified atom stereocenters. The summed E-state index contributed by atoms with van der Waals surface area (Å²) in [5.41, 5.74) is 2.35. The molecule has 1 fully saturated rings. The van der Waals surface area contributed by atoms with Crippen LogP contribution in [0.3, 0.4) is 0 Å². The van der Waals surface area contributed by atoms with Gasteiger partial charge in [-0.25, -0.2) is 9.38 Å². The van der Waals surface area contributed by atoms with Gasteiger partial charge < -0.3 is 10.1 Å². The van der Waals surface area contributed by atoms with Crippen LogP contribution in [0.5, 0.6) is 5.75 Å². The van der Waals surface area contributed by atoms with Gasteiger partial charge in [-0.3, -0.25) is 4.79 Å². The number of fused-ring (bicyclic) bond motifs is 1. The molecule has 4 nitrogen and oxygen atoms in total. The third kappa shape index (κ3) is 5.42. The fraction of sp³-hybridized carbons (Fsp3) is 0.0370. The molecule has 1 saturated heterocycles. The highest BCUT2D eigenvalue weighted by molar-refractivity contribution is 9.10. The lowest BCUT2D eigenvalue weighted by Crippen LogP contribution is -2.19. The van der Waals surface area contributed by atoms with Crippen LogP contribution in [0.25, 0.3) is 16.8 Å². The van der Waals surface area contributed by atoms with Crippen molar-refractivity contribution in [1.29, 1.82) is 0 Å². The molecule has 0 radical (unpaired) electrons. The Labute approximate surface area is 219 Å². The number of hydrogen-bond donors (Lipinski definition) is 1. The van der Waals surface area contributed by atoms with Crippen LogP contribution in [-0.4, -0.2) is 11.1 Å². The van der Waals surface area contributed by atoms with E-state index in [0.717, 1.165) is 21.9 Å². The van der Waals surface area contributed by atoms with Gasteiger partial charge in [0.2, 0.25) is 0 Å². The van der Waals surface area contributed by atoms with Gasteiger partial charge in [0.05, 0.1) is 20.1 Å². The van der Waals surface area contributed by atoms with Gasteiger partial charge in [0, 0.05) is 0 Å². The first-order valence-electron chi connectivity index (χ1n) is 10.6. The lowest BCUT2D eigenvalue weighted by atomic mass is 10.1. The molecule has 8 heteroatoms. The third-order valence-electron chi connectivity index (χ3n) is 5.28. The lowest BCUT2D eigenvalue weighted by Gasteiger charge is -2.13. The first kappa shape index (κ1) is 23.6. The summed E-state index contributed by atoms with van der Waals surface area (Å²) in [4.78, 5) is 17.2. The fourth-order valence-corrected chi connectivity index (χ4v) is 5.46. The van der Waals surface area contributed by atoms with Crippen LogP contribution in [0.15, 0.2) is 93.2 Å². The van der Waals surface area contributed by atoms with Crippen LogP contribution in [0.2, 0.25) is 5.02 Å². The van der Waals surface area contributed by atoms with E-state index in [1.165, 1.54) is 23.9 Å². The zero-order valence-electron chi connectivity index (χ0n) is 18.1. The summed E-state index contributed by atoms with van der Waals surface area (Å²) in [5.74, 6) is -0.0760. The van der Waals surface area contributed by atoms with E-state index in [1.807, 2.05) is 30.3 Å². The number of amides is 1. The molecule has 0 atom stereocenters. The minimum absolute atomic E-state index is 0.264. The van der Waals surface area contributed by atoms with Gasteiger partial charge in [0.15, 0.2) is 10.9 Å². The Morgan fingerprint density at radius 3 is 2.63 bits per heavy atom. The molecule has 1 aliphatic heterocycles. The second-order valence-electron chi connectivity index (χ2n) is 7.70. The summed E-state index contributed by atoms with van der Waals surface area (Å²) in [7, 11) is 0. The van der Waals surface area contributed by atoms with E-state index in [1.54, 1.807) is 24.3 Å². The molecule has 4 aromatic rings. The van der Waals surface area contributed by atoms with Gasteiger partial charge in [0.1, 0.15) is 12.4 Å². The van der Waals surface area contributed by atoms with E-state index in [2.05, 4.69) is 44.4 Å². The monoisotopic (exact) mass is 566 g/mol. The zero-order chi connectivity index (χ0) is 24.4. The molecule has 174 valence electrons. The van der Waals surface area contributed by atoms with Crippen LogP contribution in [0.4, 0.5) is 10.1 Å². The number of thioether (sulfide) groups is 1. The van der Waals surface area contributed by atoms with Crippen LogP contribution in [0.1, 0.15) is 11.1 Å². The molecular weight excluding hydrogens is 551 g/mol. The number of carbonyl (C=O) groups excluding carboxylic acids is 1. The maximum Gasteiger partial charge on any atom is 0.264 e. The third-order valence-corrected chi connectivity index (χ3v) is 7.06. The molecule has 5 rings (SSSR count). The summed E-state index contributed by atoms with van der Waals surface area (Å²) < 4.78 is 19.9. The lowest BCUT2D eigenvalue weighted by molar-refractivity contribution is -0.115. The van der Waals surface area contributed by atoms with E-state index in [9.17, 15) is 9.18 Å². The van der Waals surface area contributed by atoms with Crippen molar-refractivity contribution in [2.75, 3.05) is 0 Å². The molecule has 0 saturated carbocycles. The number of amidine groups is 1. The number of carbonyl (C=O) groups is 1. The number of aliphatic imine (C=N–C) groups is 1. The maximum atomic E-state index is 13.1. The molecule has 0 spiro atoms. The number of halogens is 3. The highest BCUT2D eigenvalue weighted by Crippen LogP contribution is 2.37. The minimum atomic E-state index is -0.343. The fourth-order valence-electron chi connectivity index (χ4n) is 3.63. The highest BCUT2D eigenvalue weighted by Gasteiger charge is 2.24. The predicted octanol–water partition coefficient (Wildman–Crippen LogP) is 7.87. The summed E-state index contributed by atoms with van der Waals surface area (Å²) in [5, 5.41) is 5.85. The van der Waals surface area contributed by atoms with Crippen molar-refractivity contribution in [2.24, 2.45) is 4.99 Å². The molecular formula is C27H17BrClFN2O2S. The molecule has 35 heavy (non-hydrogen) atoms. The second-order valence-corrected chi connectivity index (χ2v) is 9.99. The number of benzene rings is 4. The summed E-state index contributed by atoms with van der Waals surface area (Å²) in [6, 6.07) is 23.6. The zero-order valence-corrected chi connectivity index (χ0v) is 21.3. The van der Waals surface area contributed by atoms with Gasteiger partial charge in [-0.1, -0.05) is 54.1 Å². The Morgan fingerprint density at radius 2 is 1.83 bits per heavy atom. The normalized spacial score (nSPS) is 15.7. The molecule has 0 aromatic heterocycles. The topological polar surface area (TPSA) is 50.7 Å². The number of nitrogens with one attached hydrogen (secondary N) is 1. The van der Waals surface area contributed by atoms with Gasteiger partial charge in [0.25, 0.3) is 5.91 Å². The Balaban J connectivity index is 1.34. The largest absolute Gasteiger partial charge is 0.486 e. The minimum Gasteiger partial charge on any atom is -0.486 e. The van der Waals surface area contributed by atoms with E-state index in [0.29, 0.717) is 37.6 Å². The van der Waals surface area contributed by atoms with Crippen LogP contribution in [0, 0.1) is 5.82 Å². The van der Waals surface area contributed by atoms with Crippen molar-refractivity contribution in [3.8, 4) is 5.75 Å². The van der Waals surface area contributed by atoms with Crippen LogP contribution < -0.4 is 10.1 Å². The molecule has 4 aromatic carbocycles. The van der Waals surface area contributed by atoms with E-state index in [-0.39, 0.29) is 11.7 Å². The van der Waals surface area contributed by atoms with Crippen LogP contribution >= 0.6 is 39.3 Å². The van der Waals surface area contributed by atoms with Gasteiger partial charge in [-0.05, 0) is 92.1 Å². The van der Waals surface area contributed by atoms with Crippen molar-refractivity contribution >= 4 is 72.9 Å². The molecule has 0 aliphatic carbocycles. The quantitative estimate of drug-likeness (QED) is 0.250. The first-order chi connectivity index (χ1) is 17.0. The molecule has 0 bridgehead atoms. The van der Waals surface area contributed by atoms with E-state index < -0.39 is 0 Å². The number of ether oxygens (including phenoxy) is 1. The summed E-state index contributed by atoms with van der Waals surface area (Å²) in [6.07, 6.45) is 1.73. The second kappa shape index (κ2) is 10.2. The standard InChI is InChI=1S/C27H17BrClFN2O2S/c28-22-12-16(14-24-26(33)32-27(35-24)31-20-10-8-19(30)9-11-20)13-23(29)25(22)34-15-18-6-3-5-17-4-1-2-7-21(17)18/h1-14H,15H2,(H,31,32,33)/b24-14+. The number of hydrogen-bond acceptors (Lipinski definition) is 4. The Bertz CT molecular complexity index is 1480. The smallest absolute Gasteiger partial charge is 0.264 e. The maximum absolute atomic E-state index is 13.1. The van der Waals surface area contributed by atoms with Gasteiger partial charge in [-0.2, -0.15) is 0 Å². The van der Waals surface area contributed by atoms with Gasteiger partial charge >= 0.3 is 0 Å². The molecule has 1 aliphatic rings. The van der Waals surface area contributed by atoms with E-state index in [4.69, 9.17) is 16.3 Å². The average molecular weight is 568 g/mol. The molecule has 1 heterocycles. The predicted molar refractivity (Wildman–Crippen MR) is 145 cm³/mol. The van der Waals surface area contributed by atoms with Crippen molar-refractivity contribution in [1.82, 2.24) is 5.32 Å². The van der Waals surface area contributed by atoms with Crippen molar-refractivity contribution in [3.05, 3.63) is 110 Å². The van der Waals surface area contributed by atoms with Crippen molar-refractivity contribution in [2.45, 2.75) is 6.61 Å². The Hall–Kier alpha value is -3.13.